The number of para-hydroxylation sites is 3. The number of nitrogens with zero attached hydrogens (tertiary/aromatic N) is 5. The van der Waals surface area contributed by atoms with Gasteiger partial charge in [0.05, 0.1) is 28.8 Å². The van der Waals surface area contributed by atoms with E-state index >= 15 is 4.39 Å². The van der Waals surface area contributed by atoms with Crippen molar-refractivity contribution in [1.29, 1.82) is 0 Å². The Morgan fingerprint density at radius 3 is 2.38 bits per heavy atom. The molecule has 2 aliphatic heterocycles. The van der Waals surface area contributed by atoms with Gasteiger partial charge in [0, 0.05) is 16.8 Å². The zero-order valence-electron chi connectivity index (χ0n) is 20.9. The first-order valence-electron chi connectivity index (χ1n) is 12.6. The van der Waals surface area contributed by atoms with E-state index in [0.29, 0.717) is 34.4 Å². The molecule has 0 saturated heterocycles. The molecule has 0 amide bonds. The molecule has 5 aromatic rings. The van der Waals surface area contributed by atoms with Crippen LogP contribution in [-0.2, 0) is 0 Å². The van der Waals surface area contributed by atoms with Gasteiger partial charge in [-0.25, -0.2) is 23.4 Å². The lowest BCUT2D eigenvalue weighted by Gasteiger charge is -2.40. The third kappa shape index (κ3) is 3.80. The summed E-state index contributed by atoms with van der Waals surface area (Å²) in [7, 11) is 0. The number of fused-ring (bicyclic) bond motifs is 4. The Hall–Kier alpha value is -5.11. The SMILES string of the molecule is Cc1nn(-c2ccccc2)c2c1C(c1ccccc1F)N1C(=N2)C(Nc2cccc(F)c2)=Nc2ccccc21. The quantitative estimate of drug-likeness (QED) is 0.275. The molecule has 6 nitrogen and oxygen atoms in total. The summed E-state index contributed by atoms with van der Waals surface area (Å²) < 4.78 is 31.4. The van der Waals surface area contributed by atoms with Crippen LogP contribution in [0.15, 0.2) is 113 Å². The Kier molecular flexibility index (Phi) is 5.33. The van der Waals surface area contributed by atoms with Crippen LogP contribution in [0.3, 0.4) is 0 Å². The zero-order valence-corrected chi connectivity index (χ0v) is 20.9. The van der Waals surface area contributed by atoms with Gasteiger partial charge >= 0.3 is 0 Å². The molecule has 0 fully saturated rings. The van der Waals surface area contributed by atoms with Crippen molar-refractivity contribution < 1.29 is 8.78 Å². The highest BCUT2D eigenvalue weighted by Gasteiger charge is 2.42. The number of hydrogen-bond donors (Lipinski definition) is 1. The lowest BCUT2D eigenvalue weighted by molar-refractivity contribution is 0.597. The van der Waals surface area contributed by atoms with E-state index in [2.05, 4.69) is 5.32 Å². The Balaban J connectivity index is 1.52. The van der Waals surface area contributed by atoms with Crippen molar-refractivity contribution in [2.75, 3.05) is 10.2 Å². The minimum absolute atomic E-state index is 0.332. The topological polar surface area (TPSA) is 57.8 Å². The van der Waals surface area contributed by atoms with Crippen molar-refractivity contribution in [1.82, 2.24) is 9.78 Å². The Bertz CT molecular complexity index is 1790. The molecular formula is C31H22F2N6. The molecule has 4 aromatic carbocycles. The van der Waals surface area contributed by atoms with Crippen molar-refractivity contribution in [2.45, 2.75) is 13.0 Å². The minimum Gasteiger partial charge on any atom is -0.337 e. The molecule has 0 aliphatic carbocycles. The molecule has 1 atom stereocenters. The molecule has 8 heteroatoms. The van der Waals surface area contributed by atoms with E-state index in [4.69, 9.17) is 15.1 Å². The second-order valence-corrected chi connectivity index (χ2v) is 9.38. The van der Waals surface area contributed by atoms with Crippen LogP contribution < -0.4 is 10.2 Å². The molecule has 2 aliphatic rings. The fourth-order valence-corrected chi connectivity index (χ4v) is 5.24. The summed E-state index contributed by atoms with van der Waals surface area (Å²) in [6.07, 6.45) is 0. The highest BCUT2D eigenvalue weighted by atomic mass is 19.1. The van der Waals surface area contributed by atoms with E-state index in [1.807, 2.05) is 72.5 Å². The standard InChI is InChI=1S/C31H22F2N6/c1-19-27-28(23-14-5-6-15-24(23)33)38-26-17-8-7-16-25(26)35-29(34-21-11-9-10-20(32)18-21)31(38)36-30(27)39(37-19)22-12-3-2-4-13-22/h2-18,28H,1H3,(H,34,35). The predicted octanol–water partition coefficient (Wildman–Crippen LogP) is 7.25. The highest BCUT2D eigenvalue weighted by Crippen LogP contribution is 2.48. The molecule has 1 aromatic heterocycles. The van der Waals surface area contributed by atoms with Crippen LogP contribution in [0.25, 0.3) is 5.69 Å². The maximum atomic E-state index is 15.6. The van der Waals surface area contributed by atoms with Crippen molar-refractivity contribution >= 4 is 34.6 Å². The molecule has 0 saturated carbocycles. The molecule has 0 bridgehead atoms. The molecule has 3 heterocycles. The smallest absolute Gasteiger partial charge is 0.179 e. The number of anilines is 2. The van der Waals surface area contributed by atoms with E-state index in [1.165, 1.54) is 18.2 Å². The van der Waals surface area contributed by atoms with E-state index < -0.39 is 6.04 Å². The first-order valence-corrected chi connectivity index (χ1v) is 12.6. The van der Waals surface area contributed by atoms with E-state index in [9.17, 15) is 4.39 Å². The number of aryl methyl sites for hydroxylation is 1. The van der Waals surface area contributed by atoms with Crippen LogP contribution in [0, 0.1) is 18.6 Å². The molecule has 0 radical (unpaired) electrons. The average Bonchev–Trinajstić information content (AvgIpc) is 3.29. The molecule has 190 valence electrons. The summed E-state index contributed by atoms with van der Waals surface area (Å²) >= 11 is 0. The molecular weight excluding hydrogens is 494 g/mol. The van der Waals surface area contributed by atoms with E-state index in [1.54, 1.807) is 28.9 Å². The highest BCUT2D eigenvalue weighted by molar-refractivity contribution is 6.51. The van der Waals surface area contributed by atoms with Crippen LogP contribution in [-0.4, -0.2) is 21.5 Å². The molecule has 7 rings (SSSR count). The number of rotatable bonds is 3. The fourth-order valence-electron chi connectivity index (χ4n) is 5.24. The first kappa shape index (κ1) is 23.0. The van der Waals surface area contributed by atoms with Crippen molar-refractivity contribution in [2.24, 2.45) is 9.98 Å². The van der Waals surface area contributed by atoms with Gasteiger partial charge in [0.25, 0.3) is 0 Å². The summed E-state index contributed by atoms with van der Waals surface area (Å²) in [5.41, 5.74) is 4.86. The van der Waals surface area contributed by atoms with Gasteiger partial charge in [0.15, 0.2) is 17.5 Å². The zero-order chi connectivity index (χ0) is 26.5. The number of amidine groups is 2. The summed E-state index contributed by atoms with van der Waals surface area (Å²) in [6, 6.07) is 29.7. The van der Waals surface area contributed by atoms with Crippen LogP contribution in [0.5, 0.6) is 0 Å². The van der Waals surface area contributed by atoms with Crippen molar-refractivity contribution in [3.05, 3.63) is 132 Å². The van der Waals surface area contributed by atoms with Crippen LogP contribution >= 0.6 is 0 Å². The normalized spacial score (nSPS) is 15.6. The van der Waals surface area contributed by atoms with Gasteiger partial charge in [-0.2, -0.15) is 5.10 Å². The van der Waals surface area contributed by atoms with E-state index in [-0.39, 0.29) is 11.6 Å². The number of aliphatic imine (C=N–C) groups is 2. The van der Waals surface area contributed by atoms with Gasteiger partial charge in [-0.1, -0.05) is 54.6 Å². The molecule has 1 unspecified atom stereocenters. The predicted molar refractivity (Wildman–Crippen MR) is 150 cm³/mol. The van der Waals surface area contributed by atoms with Crippen molar-refractivity contribution in [3.63, 3.8) is 0 Å². The lowest BCUT2D eigenvalue weighted by Crippen LogP contribution is -2.46. The molecule has 39 heavy (non-hydrogen) atoms. The molecule has 1 N–H and O–H groups in total. The Labute approximate surface area is 223 Å². The second kappa shape index (κ2) is 9.02. The largest absolute Gasteiger partial charge is 0.337 e. The summed E-state index contributed by atoms with van der Waals surface area (Å²) in [5, 5.41) is 8.11. The third-order valence-corrected chi connectivity index (χ3v) is 6.93. The summed E-state index contributed by atoms with van der Waals surface area (Å²) in [5.74, 6) is 0.789. The Morgan fingerprint density at radius 2 is 1.56 bits per heavy atom. The first-order chi connectivity index (χ1) is 19.1. The third-order valence-electron chi connectivity index (χ3n) is 6.93. The average molecular weight is 517 g/mol. The van der Waals surface area contributed by atoms with Gasteiger partial charge in [-0.05, 0) is 55.5 Å². The minimum atomic E-state index is -0.577. The number of nitrogens with one attached hydrogen (secondary N) is 1. The van der Waals surface area contributed by atoms with Gasteiger partial charge < -0.3 is 10.2 Å². The number of halogens is 2. The van der Waals surface area contributed by atoms with Gasteiger partial charge in [0.1, 0.15) is 11.6 Å². The summed E-state index contributed by atoms with van der Waals surface area (Å²) in [4.78, 5) is 12.0. The number of aromatic nitrogens is 2. The van der Waals surface area contributed by atoms with Crippen LogP contribution in [0.1, 0.15) is 22.9 Å². The number of hydrogen-bond acceptors (Lipinski definition) is 5. The van der Waals surface area contributed by atoms with E-state index in [0.717, 1.165) is 22.6 Å². The molecule has 0 spiro atoms. The lowest BCUT2D eigenvalue weighted by atomic mass is 9.93. The maximum absolute atomic E-state index is 15.6. The van der Waals surface area contributed by atoms with Crippen molar-refractivity contribution in [3.8, 4) is 5.69 Å². The second-order valence-electron chi connectivity index (χ2n) is 9.38. The number of benzene rings is 4. The summed E-state index contributed by atoms with van der Waals surface area (Å²) in [6.45, 7) is 1.92. The van der Waals surface area contributed by atoms with Gasteiger partial charge in [-0.3, -0.25) is 0 Å². The fraction of sp³-hybridized carbons (Fsp3) is 0.0645. The van der Waals surface area contributed by atoms with Gasteiger partial charge in [-0.15, -0.1) is 0 Å². The Morgan fingerprint density at radius 1 is 0.795 bits per heavy atom. The van der Waals surface area contributed by atoms with Crippen LogP contribution in [0.2, 0.25) is 0 Å². The van der Waals surface area contributed by atoms with Crippen LogP contribution in [0.4, 0.5) is 31.7 Å². The van der Waals surface area contributed by atoms with Gasteiger partial charge in [0.2, 0.25) is 0 Å². The maximum Gasteiger partial charge on any atom is 0.179 e. The monoisotopic (exact) mass is 516 g/mol.